The Labute approximate surface area is 190 Å². The molecule has 3 amide bonds. The predicted molar refractivity (Wildman–Crippen MR) is 122 cm³/mol. The summed E-state index contributed by atoms with van der Waals surface area (Å²) in [7, 11) is 0. The molecule has 2 aliphatic heterocycles. The molecule has 0 N–H and O–H groups in total. The lowest BCUT2D eigenvalue weighted by Crippen LogP contribution is -2.42. The summed E-state index contributed by atoms with van der Waals surface area (Å²) in [6.45, 7) is 5.27. The lowest BCUT2D eigenvalue weighted by atomic mass is 10.2. The quantitative estimate of drug-likeness (QED) is 0.516. The molecule has 0 spiro atoms. The number of ether oxygens (including phenoxy) is 1. The highest BCUT2D eigenvalue weighted by Gasteiger charge is 2.37. The van der Waals surface area contributed by atoms with Crippen molar-refractivity contribution in [2.24, 2.45) is 0 Å². The number of hydrogen-bond donors (Lipinski definition) is 0. The summed E-state index contributed by atoms with van der Waals surface area (Å²) >= 11 is 4.38. The van der Waals surface area contributed by atoms with Crippen molar-refractivity contribution in [1.29, 1.82) is 0 Å². The van der Waals surface area contributed by atoms with Crippen LogP contribution in [0.1, 0.15) is 51.5 Å². The van der Waals surface area contributed by atoms with Gasteiger partial charge in [-0.25, -0.2) is 0 Å². The molecule has 0 saturated carbocycles. The van der Waals surface area contributed by atoms with Crippen LogP contribution < -0.4 is 4.74 Å². The maximum atomic E-state index is 12.8. The standard InChI is InChI=1S/C22H27BrN2O4S/c1-3-15(2)29-18-9-8-16(12-17(18)23)13-19-21(27)25(22(28)30-19)14-20(26)24-10-6-4-5-7-11-24/h8-9,12-13,15H,3-7,10-11,14H2,1-2H3. The zero-order chi connectivity index (χ0) is 21.7. The third-order valence-corrected chi connectivity index (χ3v) is 6.81. The molecule has 1 unspecified atom stereocenters. The van der Waals surface area contributed by atoms with Crippen molar-refractivity contribution >= 4 is 50.8 Å². The molecule has 2 saturated heterocycles. The molecule has 8 heteroatoms. The monoisotopic (exact) mass is 494 g/mol. The number of thioether (sulfide) groups is 1. The lowest BCUT2D eigenvalue weighted by molar-refractivity contribution is -0.135. The second-order valence-electron chi connectivity index (χ2n) is 7.59. The van der Waals surface area contributed by atoms with Gasteiger partial charge in [-0.1, -0.05) is 25.8 Å². The van der Waals surface area contributed by atoms with Crippen LogP contribution in [0, 0.1) is 0 Å². The summed E-state index contributed by atoms with van der Waals surface area (Å²) in [5, 5.41) is -0.398. The smallest absolute Gasteiger partial charge is 0.294 e. The van der Waals surface area contributed by atoms with Gasteiger partial charge < -0.3 is 9.64 Å². The number of halogens is 1. The number of carbonyl (C=O) groups excluding carboxylic acids is 3. The van der Waals surface area contributed by atoms with Crippen molar-refractivity contribution in [2.75, 3.05) is 19.6 Å². The zero-order valence-electron chi connectivity index (χ0n) is 17.4. The summed E-state index contributed by atoms with van der Waals surface area (Å²) in [5.41, 5.74) is 0.780. The van der Waals surface area contributed by atoms with E-state index < -0.39 is 11.1 Å². The van der Waals surface area contributed by atoms with Crippen molar-refractivity contribution < 1.29 is 19.1 Å². The van der Waals surface area contributed by atoms with Crippen LogP contribution in [0.2, 0.25) is 0 Å². The van der Waals surface area contributed by atoms with E-state index >= 15 is 0 Å². The fraction of sp³-hybridized carbons (Fsp3) is 0.500. The Hall–Kier alpha value is -1.80. The van der Waals surface area contributed by atoms with Gasteiger partial charge in [-0.2, -0.15) is 0 Å². The molecular weight excluding hydrogens is 468 g/mol. The van der Waals surface area contributed by atoms with Gasteiger partial charge in [0.2, 0.25) is 5.91 Å². The third kappa shape index (κ3) is 5.66. The SMILES string of the molecule is CCC(C)Oc1ccc(C=C2SC(=O)N(CC(=O)N3CCCCCC3)C2=O)cc1Br. The van der Waals surface area contributed by atoms with Crippen molar-refractivity contribution in [3.63, 3.8) is 0 Å². The van der Waals surface area contributed by atoms with Crippen LogP contribution in [0.4, 0.5) is 4.79 Å². The van der Waals surface area contributed by atoms with Gasteiger partial charge in [0, 0.05) is 13.1 Å². The highest BCUT2D eigenvalue weighted by Crippen LogP contribution is 2.34. The molecule has 0 aromatic heterocycles. The Bertz CT molecular complexity index is 850. The van der Waals surface area contributed by atoms with Gasteiger partial charge in [0.05, 0.1) is 15.5 Å². The second kappa shape index (κ2) is 10.5. The van der Waals surface area contributed by atoms with Crippen LogP contribution in [0.3, 0.4) is 0 Å². The van der Waals surface area contributed by atoms with E-state index in [2.05, 4.69) is 22.9 Å². The van der Waals surface area contributed by atoms with Crippen LogP contribution >= 0.6 is 27.7 Å². The lowest BCUT2D eigenvalue weighted by Gasteiger charge is -2.22. The number of amides is 3. The van der Waals surface area contributed by atoms with E-state index in [1.165, 1.54) is 0 Å². The fourth-order valence-corrected chi connectivity index (χ4v) is 4.67. The first kappa shape index (κ1) is 22.9. The van der Waals surface area contributed by atoms with Crippen molar-refractivity contribution in [1.82, 2.24) is 9.80 Å². The molecule has 1 aromatic rings. The van der Waals surface area contributed by atoms with Gasteiger partial charge in [-0.3, -0.25) is 19.3 Å². The van der Waals surface area contributed by atoms with Crippen LogP contribution in [-0.2, 0) is 9.59 Å². The average molecular weight is 495 g/mol. The normalized spacial score (nSPS) is 19.9. The first-order valence-electron chi connectivity index (χ1n) is 10.4. The summed E-state index contributed by atoms with van der Waals surface area (Å²) < 4.78 is 6.62. The number of hydrogen-bond acceptors (Lipinski definition) is 5. The van der Waals surface area contributed by atoms with Crippen LogP contribution in [0.25, 0.3) is 6.08 Å². The van der Waals surface area contributed by atoms with E-state index in [0.717, 1.165) is 64.6 Å². The summed E-state index contributed by atoms with van der Waals surface area (Å²) in [6, 6.07) is 5.54. The van der Waals surface area contributed by atoms with E-state index in [0.29, 0.717) is 18.0 Å². The van der Waals surface area contributed by atoms with Gasteiger partial charge in [0.25, 0.3) is 11.1 Å². The molecule has 0 aliphatic carbocycles. The number of carbonyl (C=O) groups is 3. The van der Waals surface area contributed by atoms with E-state index in [-0.39, 0.29) is 18.6 Å². The zero-order valence-corrected chi connectivity index (χ0v) is 19.8. The first-order chi connectivity index (χ1) is 14.4. The molecule has 2 fully saturated rings. The largest absolute Gasteiger partial charge is 0.490 e. The highest BCUT2D eigenvalue weighted by molar-refractivity contribution is 9.10. The van der Waals surface area contributed by atoms with Gasteiger partial charge in [-0.15, -0.1) is 0 Å². The van der Waals surface area contributed by atoms with E-state index in [1.54, 1.807) is 11.0 Å². The minimum atomic E-state index is -0.413. The summed E-state index contributed by atoms with van der Waals surface area (Å²) in [5.74, 6) is 0.164. The predicted octanol–water partition coefficient (Wildman–Crippen LogP) is 5.07. The third-order valence-electron chi connectivity index (χ3n) is 5.28. The molecule has 1 atom stereocenters. The van der Waals surface area contributed by atoms with Crippen LogP contribution in [-0.4, -0.2) is 52.6 Å². The molecule has 0 radical (unpaired) electrons. The summed E-state index contributed by atoms with van der Waals surface area (Å²) in [4.78, 5) is 40.9. The highest BCUT2D eigenvalue weighted by atomic mass is 79.9. The van der Waals surface area contributed by atoms with Crippen molar-refractivity contribution in [3.8, 4) is 5.75 Å². The number of likely N-dealkylation sites (tertiary alicyclic amines) is 1. The van der Waals surface area contributed by atoms with Crippen LogP contribution in [0.5, 0.6) is 5.75 Å². The molecule has 3 rings (SSSR count). The Morgan fingerprint density at radius 3 is 2.57 bits per heavy atom. The van der Waals surface area contributed by atoms with Gasteiger partial charge in [0.1, 0.15) is 12.3 Å². The molecular formula is C22H27BrN2O4S. The number of rotatable bonds is 6. The Morgan fingerprint density at radius 2 is 1.93 bits per heavy atom. The Morgan fingerprint density at radius 1 is 1.23 bits per heavy atom. The number of benzene rings is 1. The topological polar surface area (TPSA) is 66.9 Å². The molecule has 1 aromatic carbocycles. The minimum Gasteiger partial charge on any atom is -0.490 e. The number of nitrogens with zero attached hydrogens (tertiary/aromatic N) is 2. The van der Waals surface area contributed by atoms with Gasteiger partial charge in [0.15, 0.2) is 0 Å². The Balaban J connectivity index is 1.68. The van der Waals surface area contributed by atoms with E-state index in [9.17, 15) is 14.4 Å². The van der Waals surface area contributed by atoms with Crippen LogP contribution in [0.15, 0.2) is 27.6 Å². The first-order valence-corrected chi connectivity index (χ1v) is 12.0. The Kier molecular flexibility index (Phi) is 7.99. The van der Waals surface area contributed by atoms with E-state index in [1.807, 2.05) is 25.1 Å². The second-order valence-corrected chi connectivity index (χ2v) is 9.44. The van der Waals surface area contributed by atoms with Crippen molar-refractivity contribution in [2.45, 2.75) is 52.1 Å². The molecule has 2 aliphatic rings. The average Bonchev–Trinajstić information content (AvgIpc) is 2.92. The van der Waals surface area contributed by atoms with E-state index in [4.69, 9.17) is 4.74 Å². The summed E-state index contributed by atoms with van der Waals surface area (Å²) in [6.07, 6.45) is 6.86. The number of imide groups is 1. The maximum absolute atomic E-state index is 12.8. The fourth-order valence-electron chi connectivity index (χ4n) is 3.35. The molecule has 6 nitrogen and oxygen atoms in total. The molecule has 30 heavy (non-hydrogen) atoms. The minimum absolute atomic E-state index is 0.102. The molecule has 2 heterocycles. The van der Waals surface area contributed by atoms with Gasteiger partial charge in [-0.05, 0) is 77.7 Å². The maximum Gasteiger partial charge on any atom is 0.294 e. The molecule has 162 valence electrons. The van der Waals surface area contributed by atoms with Gasteiger partial charge >= 0.3 is 0 Å². The molecule has 0 bridgehead atoms. The van der Waals surface area contributed by atoms with Crippen molar-refractivity contribution in [3.05, 3.63) is 33.1 Å².